The molecule has 0 atom stereocenters. The molecule has 0 bridgehead atoms. The van der Waals surface area contributed by atoms with Gasteiger partial charge in [0.15, 0.2) is 5.65 Å². The van der Waals surface area contributed by atoms with Crippen molar-refractivity contribution in [2.24, 2.45) is 0 Å². The predicted octanol–water partition coefficient (Wildman–Crippen LogP) is 2.60. The molecule has 0 unspecified atom stereocenters. The molecule has 5 rings (SSSR count). The van der Waals surface area contributed by atoms with Crippen LogP contribution in [-0.2, 0) is 16.0 Å². The number of nitrogens with zero attached hydrogens (tertiary/aromatic N) is 3. The van der Waals surface area contributed by atoms with Gasteiger partial charge in [-0.1, -0.05) is 6.07 Å². The van der Waals surface area contributed by atoms with Crippen molar-refractivity contribution in [1.29, 1.82) is 0 Å². The minimum atomic E-state index is -0.634. The largest absolute Gasteiger partial charge is 0.367 e. The van der Waals surface area contributed by atoms with E-state index < -0.39 is 17.5 Å². The Morgan fingerprint density at radius 2 is 2.07 bits per heavy atom. The molecule has 2 aliphatic rings. The third-order valence-electron chi connectivity index (χ3n) is 5.09. The maximum atomic E-state index is 14.2. The molecule has 3 aromatic rings. The second-order valence-electron chi connectivity index (χ2n) is 7.52. The van der Waals surface area contributed by atoms with E-state index in [1.807, 2.05) is 0 Å². The van der Waals surface area contributed by atoms with Crippen molar-refractivity contribution >= 4 is 29.4 Å². The van der Waals surface area contributed by atoms with Gasteiger partial charge in [-0.2, -0.15) is 9.61 Å². The highest BCUT2D eigenvalue weighted by atomic mass is 19.1. The molecule has 30 heavy (non-hydrogen) atoms. The number of aromatic nitrogens is 3. The summed E-state index contributed by atoms with van der Waals surface area (Å²) in [6, 6.07) is 5.60. The summed E-state index contributed by atoms with van der Waals surface area (Å²) >= 11 is 0. The van der Waals surface area contributed by atoms with E-state index in [1.165, 1.54) is 12.1 Å². The molecule has 1 saturated carbocycles. The molecular formula is C21H17F2N5O2. The molecule has 2 aromatic heterocycles. The molecule has 1 aromatic carbocycles. The van der Waals surface area contributed by atoms with E-state index in [9.17, 15) is 18.4 Å². The average Bonchev–Trinajstić information content (AvgIpc) is 3.33. The number of carbonyl (C=O) groups excluding carboxylic acids is 2. The Bertz CT molecular complexity index is 1230. The van der Waals surface area contributed by atoms with E-state index in [0.29, 0.717) is 39.9 Å². The third kappa shape index (κ3) is 3.54. The van der Waals surface area contributed by atoms with Gasteiger partial charge in [-0.05, 0) is 30.5 Å². The van der Waals surface area contributed by atoms with Crippen molar-refractivity contribution < 1.29 is 18.4 Å². The first-order valence-corrected chi connectivity index (χ1v) is 9.59. The topological polar surface area (TPSA) is 88.4 Å². The number of hydrogen-bond acceptors (Lipinski definition) is 5. The van der Waals surface area contributed by atoms with Crippen LogP contribution < -0.4 is 10.6 Å². The van der Waals surface area contributed by atoms with Crippen molar-refractivity contribution in [2.75, 3.05) is 5.32 Å². The Kier molecular flexibility index (Phi) is 4.30. The second kappa shape index (κ2) is 7.01. The Hall–Kier alpha value is -3.62. The van der Waals surface area contributed by atoms with Crippen LogP contribution in [0.4, 0.5) is 14.6 Å². The fourth-order valence-corrected chi connectivity index (χ4v) is 3.43. The third-order valence-corrected chi connectivity index (χ3v) is 5.09. The number of amides is 2. The molecule has 1 aliphatic carbocycles. The van der Waals surface area contributed by atoms with Gasteiger partial charge in [0.1, 0.15) is 17.5 Å². The predicted molar refractivity (Wildman–Crippen MR) is 105 cm³/mol. The van der Waals surface area contributed by atoms with E-state index in [2.05, 4.69) is 20.7 Å². The van der Waals surface area contributed by atoms with Crippen LogP contribution in [0.1, 0.15) is 36.1 Å². The van der Waals surface area contributed by atoms with Crippen molar-refractivity contribution in [3.8, 4) is 0 Å². The van der Waals surface area contributed by atoms with Crippen LogP contribution >= 0.6 is 0 Å². The highest BCUT2D eigenvalue weighted by Crippen LogP contribution is 2.27. The number of hydrogen-bond donors (Lipinski definition) is 2. The molecule has 7 nitrogen and oxygen atoms in total. The van der Waals surface area contributed by atoms with Gasteiger partial charge in [0.2, 0.25) is 5.91 Å². The van der Waals surface area contributed by atoms with Gasteiger partial charge in [-0.25, -0.2) is 13.8 Å². The Morgan fingerprint density at radius 3 is 2.77 bits per heavy atom. The van der Waals surface area contributed by atoms with Crippen LogP contribution in [0.25, 0.3) is 11.7 Å². The lowest BCUT2D eigenvalue weighted by Gasteiger charge is -2.11. The molecule has 2 amide bonds. The summed E-state index contributed by atoms with van der Waals surface area (Å²) in [6.45, 7) is 0. The number of carbonyl (C=O) groups is 2. The lowest BCUT2D eigenvalue weighted by Crippen LogP contribution is -2.19. The second-order valence-corrected chi connectivity index (χ2v) is 7.52. The molecule has 2 N–H and O–H groups in total. The zero-order valence-corrected chi connectivity index (χ0v) is 15.8. The monoisotopic (exact) mass is 409 g/mol. The molecule has 9 heteroatoms. The van der Waals surface area contributed by atoms with E-state index in [4.69, 9.17) is 0 Å². The number of halogens is 2. The van der Waals surface area contributed by atoms with Crippen LogP contribution in [-0.4, -0.2) is 32.5 Å². The number of anilines is 1. The van der Waals surface area contributed by atoms with Crippen LogP contribution in [0.5, 0.6) is 0 Å². The Labute approximate surface area is 169 Å². The number of imide groups is 1. The zero-order valence-electron chi connectivity index (χ0n) is 15.8. The van der Waals surface area contributed by atoms with Crippen LogP contribution in [0.3, 0.4) is 0 Å². The van der Waals surface area contributed by atoms with Crippen molar-refractivity contribution in [3.63, 3.8) is 0 Å². The van der Waals surface area contributed by atoms with E-state index in [-0.39, 0.29) is 18.7 Å². The first-order chi connectivity index (χ1) is 14.5. The standard InChI is InChI=1S/C21H17F2N5O2/c22-14-2-1-11(17(23)8-14)6-16-9-18(25-15-3-4-15)28-20(26-16)13(10-24-28)5-12-7-19(29)27-21(12)30/h1-2,5,8-10,15,25H,3-4,6-7H2,(H,27,29,30)/b12-5+. The first-order valence-electron chi connectivity index (χ1n) is 9.59. The Morgan fingerprint density at radius 1 is 1.23 bits per heavy atom. The lowest BCUT2D eigenvalue weighted by atomic mass is 10.1. The molecular weight excluding hydrogens is 392 g/mol. The molecule has 1 aliphatic heterocycles. The quantitative estimate of drug-likeness (QED) is 0.500. The summed E-state index contributed by atoms with van der Waals surface area (Å²) < 4.78 is 29.0. The van der Waals surface area contributed by atoms with Gasteiger partial charge in [0.25, 0.3) is 5.91 Å². The van der Waals surface area contributed by atoms with Crippen molar-refractivity contribution in [3.05, 3.63) is 64.5 Å². The smallest absolute Gasteiger partial charge is 0.254 e. The first kappa shape index (κ1) is 18.4. The number of benzene rings is 1. The van der Waals surface area contributed by atoms with Gasteiger partial charge in [-0.3, -0.25) is 14.9 Å². The van der Waals surface area contributed by atoms with E-state index in [0.717, 1.165) is 18.9 Å². The Balaban J connectivity index is 1.58. The molecule has 2 fully saturated rings. The summed E-state index contributed by atoms with van der Waals surface area (Å²) in [6.07, 6.45) is 5.44. The number of rotatable bonds is 5. The summed E-state index contributed by atoms with van der Waals surface area (Å²) in [5.74, 6) is -1.34. The maximum Gasteiger partial charge on any atom is 0.254 e. The molecule has 152 valence electrons. The minimum absolute atomic E-state index is 0.00381. The normalized spacial score (nSPS) is 17.7. The van der Waals surface area contributed by atoms with Gasteiger partial charge >= 0.3 is 0 Å². The SMILES string of the molecule is O=C1C/C(=C\c2cnn3c(NC4CC4)cc(Cc4ccc(F)cc4F)nc23)C(=O)N1. The fraction of sp³-hybridized carbons (Fsp3) is 0.238. The summed E-state index contributed by atoms with van der Waals surface area (Å²) in [7, 11) is 0. The molecule has 0 spiro atoms. The van der Waals surface area contributed by atoms with Gasteiger partial charge in [-0.15, -0.1) is 0 Å². The fourth-order valence-electron chi connectivity index (χ4n) is 3.43. The zero-order chi connectivity index (χ0) is 20.8. The number of nitrogens with one attached hydrogen (secondary N) is 2. The molecule has 0 radical (unpaired) electrons. The molecule has 1 saturated heterocycles. The minimum Gasteiger partial charge on any atom is -0.367 e. The summed E-state index contributed by atoms with van der Waals surface area (Å²) in [5, 5.41) is 10.0. The van der Waals surface area contributed by atoms with Crippen molar-refractivity contribution in [2.45, 2.75) is 31.7 Å². The van der Waals surface area contributed by atoms with Crippen molar-refractivity contribution in [1.82, 2.24) is 19.9 Å². The number of fused-ring (bicyclic) bond motifs is 1. The van der Waals surface area contributed by atoms with E-state index in [1.54, 1.807) is 22.9 Å². The highest BCUT2D eigenvalue weighted by Gasteiger charge is 2.25. The average molecular weight is 409 g/mol. The lowest BCUT2D eigenvalue weighted by molar-refractivity contribution is -0.124. The summed E-state index contributed by atoms with van der Waals surface area (Å²) in [5.41, 5.74) is 2.30. The van der Waals surface area contributed by atoms with Gasteiger partial charge in [0, 0.05) is 35.7 Å². The van der Waals surface area contributed by atoms with Crippen LogP contribution in [0.15, 0.2) is 36.0 Å². The van der Waals surface area contributed by atoms with Crippen LogP contribution in [0.2, 0.25) is 0 Å². The molecule has 3 heterocycles. The van der Waals surface area contributed by atoms with Gasteiger partial charge < -0.3 is 5.32 Å². The highest BCUT2D eigenvalue weighted by molar-refractivity contribution is 6.15. The van der Waals surface area contributed by atoms with E-state index >= 15 is 0 Å². The maximum absolute atomic E-state index is 14.2. The van der Waals surface area contributed by atoms with Crippen LogP contribution in [0, 0.1) is 11.6 Å². The summed E-state index contributed by atoms with van der Waals surface area (Å²) in [4.78, 5) is 28.0. The van der Waals surface area contributed by atoms with Gasteiger partial charge in [0.05, 0.1) is 18.3 Å².